The van der Waals surface area contributed by atoms with Gasteiger partial charge in [0.25, 0.3) is 11.8 Å². The van der Waals surface area contributed by atoms with Crippen LogP contribution in [0.4, 0.5) is 5.69 Å². The maximum atomic E-state index is 12.3. The molecule has 2 amide bonds. The van der Waals surface area contributed by atoms with E-state index in [0.29, 0.717) is 5.92 Å². The lowest BCUT2D eigenvalue weighted by Gasteiger charge is -2.45. The zero-order chi connectivity index (χ0) is 18.5. The minimum atomic E-state index is -0.447. The van der Waals surface area contributed by atoms with E-state index in [1.54, 1.807) is 13.1 Å². The van der Waals surface area contributed by atoms with Crippen LogP contribution in [0.5, 0.6) is 0 Å². The Morgan fingerprint density at radius 3 is 2.64 bits per heavy atom. The molecule has 2 aliphatic rings. The predicted octanol–water partition coefficient (Wildman–Crippen LogP) is 2.67. The lowest BCUT2D eigenvalue weighted by Crippen LogP contribution is -2.52. The van der Waals surface area contributed by atoms with Gasteiger partial charge in [0.05, 0.1) is 0 Å². The number of rotatable bonds is 1. The summed E-state index contributed by atoms with van der Waals surface area (Å²) in [6.07, 6.45) is 2.69. The fourth-order valence-corrected chi connectivity index (χ4v) is 3.77. The van der Waals surface area contributed by atoms with Crippen molar-refractivity contribution in [2.24, 2.45) is 0 Å². The molecule has 6 heteroatoms. The minimum Gasteiger partial charge on any atom is -0.369 e. The van der Waals surface area contributed by atoms with E-state index in [2.05, 4.69) is 50.2 Å². The number of benzene rings is 1. The highest BCUT2D eigenvalue weighted by atomic mass is 32.1. The summed E-state index contributed by atoms with van der Waals surface area (Å²) in [5, 5.41) is 2.67. The van der Waals surface area contributed by atoms with Crippen LogP contribution in [-0.4, -0.2) is 41.5 Å². The zero-order valence-corrected chi connectivity index (χ0v) is 16.0. The van der Waals surface area contributed by atoms with E-state index in [1.807, 2.05) is 6.07 Å². The van der Waals surface area contributed by atoms with Gasteiger partial charge in [-0.2, -0.15) is 0 Å². The second kappa shape index (κ2) is 5.95. The molecule has 1 saturated heterocycles. The molecule has 1 unspecified atom stereocenters. The molecule has 3 rings (SSSR count). The van der Waals surface area contributed by atoms with Gasteiger partial charge >= 0.3 is 0 Å². The summed E-state index contributed by atoms with van der Waals surface area (Å²) >= 11 is 4.97. The van der Waals surface area contributed by atoms with Crippen molar-refractivity contribution in [2.45, 2.75) is 38.6 Å². The molecule has 0 spiro atoms. The molecule has 1 aromatic rings. The van der Waals surface area contributed by atoms with E-state index in [1.165, 1.54) is 16.2 Å². The summed E-state index contributed by atoms with van der Waals surface area (Å²) in [7, 11) is 3.67. The van der Waals surface area contributed by atoms with Crippen LogP contribution in [0.25, 0.3) is 6.08 Å². The molecule has 25 heavy (non-hydrogen) atoms. The van der Waals surface area contributed by atoms with E-state index in [4.69, 9.17) is 12.2 Å². The Labute approximate surface area is 153 Å². The fraction of sp³-hybridized carbons (Fsp3) is 0.421. The first kappa shape index (κ1) is 17.6. The number of likely N-dealkylation sites (N-methyl/N-ethyl adjacent to an activating group) is 1. The highest BCUT2D eigenvalue weighted by Gasteiger charge is 2.34. The average Bonchev–Trinajstić information content (AvgIpc) is 2.54. The van der Waals surface area contributed by atoms with Crippen LogP contribution in [0.2, 0.25) is 0 Å². The summed E-state index contributed by atoms with van der Waals surface area (Å²) in [6, 6.07) is 6.09. The van der Waals surface area contributed by atoms with Crippen LogP contribution >= 0.6 is 12.2 Å². The molecule has 2 aliphatic heterocycles. The first-order valence-electron chi connectivity index (χ1n) is 8.34. The Morgan fingerprint density at radius 1 is 1.28 bits per heavy atom. The number of fused-ring (bicyclic) bond motifs is 1. The van der Waals surface area contributed by atoms with Crippen molar-refractivity contribution in [1.82, 2.24) is 10.2 Å². The monoisotopic (exact) mass is 357 g/mol. The third-order valence-electron chi connectivity index (χ3n) is 5.27. The van der Waals surface area contributed by atoms with Gasteiger partial charge in [-0.3, -0.25) is 19.8 Å². The summed E-state index contributed by atoms with van der Waals surface area (Å²) in [5.41, 5.74) is 3.49. The van der Waals surface area contributed by atoms with Gasteiger partial charge in [0.15, 0.2) is 5.11 Å². The van der Waals surface area contributed by atoms with Crippen molar-refractivity contribution in [3.8, 4) is 0 Å². The molecule has 1 fully saturated rings. The van der Waals surface area contributed by atoms with Crippen LogP contribution in [0.1, 0.15) is 44.2 Å². The van der Waals surface area contributed by atoms with Crippen LogP contribution < -0.4 is 10.2 Å². The van der Waals surface area contributed by atoms with Gasteiger partial charge < -0.3 is 4.90 Å². The number of nitrogens with one attached hydrogen (secondary N) is 1. The molecule has 132 valence electrons. The normalized spacial score (nSPS) is 24.4. The standard InChI is InChI=1S/C19H23N3O2S/c1-11-10-19(2,3)22(5)15-7-6-12(8-13(11)15)9-14-16(23)20-18(25)21(4)17(14)24/h6-9,11H,10H2,1-5H3,(H,20,23,25)/b14-9+. The number of thiocarbonyl (C=S) groups is 1. The molecule has 0 radical (unpaired) electrons. The van der Waals surface area contributed by atoms with Crippen LogP contribution in [-0.2, 0) is 9.59 Å². The summed E-state index contributed by atoms with van der Waals surface area (Å²) in [6.45, 7) is 6.70. The molecule has 2 heterocycles. The SMILES string of the molecule is CC1CC(C)(C)N(C)c2ccc(/C=C3\C(=O)NC(=S)N(C)C3=O)cc21. The van der Waals surface area contributed by atoms with E-state index >= 15 is 0 Å². The van der Waals surface area contributed by atoms with E-state index in [-0.39, 0.29) is 22.1 Å². The Kier molecular flexibility index (Phi) is 4.19. The van der Waals surface area contributed by atoms with Crippen molar-refractivity contribution in [3.63, 3.8) is 0 Å². The third kappa shape index (κ3) is 2.95. The van der Waals surface area contributed by atoms with Crippen LogP contribution in [0.15, 0.2) is 23.8 Å². The predicted molar refractivity (Wildman–Crippen MR) is 103 cm³/mol. The highest BCUT2D eigenvalue weighted by molar-refractivity contribution is 7.80. The van der Waals surface area contributed by atoms with Gasteiger partial charge in [-0.15, -0.1) is 0 Å². The molecule has 0 bridgehead atoms. The molecule has 1 aromatic carbocycles. The Hall–Kier alpha value is -2.21. The molecule has 5 nitrogen and oxygen atoms in total. The molecule has 1 N–H and O–H groups in total. The zero-order valence-electron chi connectivity index (χ0n) is 15.2. The van der Waals surface area contributed by atoms with E-state index in [9.17, 15) is 9.59 Å². The highest BCUT2D eigenvalue weighted by Crippen LogP contribution is 2.42. The Bertz CT molecular complexity index is 813. The number of carbonyl (C=O) groups excluding carboxylic acids is 2. The van der Waals surface area contributed by atoms with Gasteiger partial charge in [0.1, 0.15) is 5.57 Å². The number of carbonyl (C=O) groups is 2. The maximum Gasteiger partial charge on any atom is 0.265 e. The molecule has 1 atom stereocenters. The average molecular weight is 357 g/mol. The number of hydrogen-bond acceptors (Lipinski definition) is 4. The summed E-state index contributed by atoms with van der Waals surface area (Å²) in [4.78, 5) is 28.0. The fourth-order valence-electron chi connectivity index (χ4n) is 3.60. The van der Waals surface area contributed by atoms with Gasteiger partial charge in [-0.25, -0.2) is 0 Å². The maximum absolute atomic E-state index is 12.3. The molecular weight excluding hydrogens is 334 g/mol. The van der Waals surface area contributed by atoms with Crippen molar-refractivity contribution in [1.29, 1.82) is 0 Å². The third-order valence-corrected chi connectivity index (χ3v) is 5.65. The lowest BCUT2D eigenvalue weighted by atomic mass is 9.80. The van der Waals surface area contributed by atoms with Crippen molar-refractivity contribution < 1.29 is 9.59 Å². The largest absolute Gasteiger partial charge is 0.369 e. The number of hydrogen-bond donors (Lipinski definition) is 1. The number of anilines is 1. The summed E-state index contributed by atoms with van der Waals surface area (Å²) in [5.74, 6) is -0.416. The van der Waals surface area contributed by atoms with Crippen molar-refractivity contribution >= 4 is 40.9 Å². The second-order valence-electron chi connectivity index (χ2n) is 7.48. The smallest absolute Gasteiger partial charge is 0.265 e. The van der Waals surface area contributed by atoms with Crippen molar-refractivity contribution in [2.75, 3.05) is 19.0 Å². The first-order chi connectivity index (χ1) is 11.6. The van der Waals surface area contributed by atoms with Crippen molar-refractivity contribution in [3.05, 3.63) is 34.9 Å². The van der Waals surface area contributed by atoms with E-state index in [0.717, 1.165) is 12.0 Å². The lowest BCUT2D eigenvalue weighted by molar-refractivity contribution is -0.128. The van der Waals surface area contributed by atoms with Gasteiger partial charge in [0.2, 0.25) is 0 Å². The second-order valence-corrected chi connectivity index (χ2v) is 7.86. The molecular formula is C19H23N3O2S. The molecule has 0 saturated carbocycles. The quantitative estimate of drug-likeness (QED) is 0.477. The first-order valence-corrected chi connectivity index (χ1v) is 8.75. The van der Waals surface area contributed by atoms with Crippen LogP contribution in [0.3, 0.4) is 0 Å². The van der Waals surface area contributed by atoms with Crippen LogP contribution in [0, 0.1) is 0 Å². The van der Waals surface area contributed by atoms with E-state index < -0.39 is 5.91 Å². The van der Waals surface area contributed by atoms with Gasteiger partial charge in [-0.1, -0.05) is 13.0 Å². The number of amides is 2. The van der Waals surface area contributed by atoms with Gasteiger partial charge in [0, 0.05) is 25.3 Å². The molecule has 0 aliphatic carbocycles. The topological polar surface area (TPSA) is 52.7 Å². The minimum absolute atomic E-state index is 0.101. The Morgan fingerprint density at radius 2 is 1.96 bits per heavy atom. The molecule has 0 aromatic heterocycles. The Balaban J connectivity index is 2.01. The van der Waals surface area contributed by atoms with Gasteiger partial charge in [-0.05, 0) is 67.7 Å². The summed E-state index contributed by atoms with van der Waals surface area (Å²) < 4.78 is 0. The number of nitrogens with zero attached hydrogens (tertiary/aromatic N) is 2.